The molecule has 0 saturated heterocycles. The Bertz CT molecular complexity index is 606. The summed E-state index contributed by atoms with van der Waals surface area (Å²) in [5.41, 5.74) is 1.99. The predicted molar refractivity (Wildman–Crippen MR) is 80.4 cm³/mol. The second-order valence-electron chi connectivity index (χ2n) is 4.85. The van der Waals surface area contributed by atoms with Gasteiger partial charge in [0.05, 0.1) is 10.6 Å². The van der Waals surface area contributed by atoms with E-state index >= 15 is 0 Å². The molecular formula is C15H21NO3S. The molecule has 0 aromatic heterocycles. The maximum atomic E-state index is 12.4. The van der Waals surface area contributed by atoms with Crippen molar-refractivity contribution >= 4 is 15.7 Å². The molecule has 1 aromatic carbocycles. The van der Waals surface area contributed by atoms with E-state index < -0.39 is 15.9 Å². The number of hydrogen-bond acceptors (Lipinski definition) is 3. The van der Waals surface area contributed by atoms with Crippen molar-refractivity contribution in [3.05, 3.63) is 42.0 Å². The summed E-state index contributed by atoms with van der Waals surface area (Å²) in [5, 5.41) is 2.63. The van der Waals surface area contributed by atoms with Gasteiger partial charge in [0.1, 0.15) is 0 Å². The highest BCUT2D eigenvalue weighted by Gasteiger charge is 2.21. The Labute approximate surface area is 120 Å². The van der Waals surface area contributed by atoms with Gasteiger partial charge in [-0.15, -0.1) is 0 Å². The molecule has 0 fully saturated rings. The SMILES string of the molecule is C=CC(=O)NC(CC)CS(=O)(=O)c1ccc(C)c(C)c1. The van der Waals surface area contributed by atoms with Crippen LogP contribution in [0.2, 0.25) is 0 Å². The van der Waals surface area contributed by atoms with Crippen molar-refractivity contribution in [1.29, 1.82) is 0 Å². The summed E-state index contributed by atoms with van der Waals surface area (Å²) in [6, 6.07) is 4.67. The largest absolute Gasteiger partial charge is 0.349 e. The monoisotopic (exact) mass is 295 g/mol. The lowest BCUT2D eigenvalue weighted by atomic mass is 10.1. The Morgan fingerprint density at radius 2 is 2.00 bits per heavy atom. The van der Waals surface area contributed by atoms with Gasteiger partial charge in [0.25, 0.3) is 0 Å². The molecule has 1 N–H and O–H groups in total. The average Bonchev–Trinajstić information content (AvgIpc) is 2.40. The number of aryl methyl sites for hydroxylation is 2. The molecule has 5 heteroatoms. The van der Waals surface area contributed by atoms with E-state index in [-0.39, 0.29) is 11.7 Å². The van der Waals surface area contributed by atoms with Crippen molar-refractivity contribution in [2.75, 3.05) is 5.75 Å². The minimum Gasteiger partial charge on any atom is -0.349 e. The van der Waals surface area contributed by atoms with Crippen LogP contribution in [0, 0.1) is 13.8 Å². The summed E-state index contributed by atoms with van der Waals surface area (Å²) < 4.78 is 24.7. The van der Waals surface area contributed by atoms with Crippen LogP contribution in [0.1, 0.15) is 24.5 Å². The zero-order chi connectivity index (χ0) is 15.3. The zero-order valence-corrected chi connectivity index (χ0v) is 13.0. The minimum absolute atomic E-state index is 0.106. The van der Waals surface area contributed by atoms with E-state index in [0.29, 0.717) is 11.3 Å². The molecule has 0 aliphatic rings. The first-order chi connectivity index (χ1) is 9.30. The van der Waals surface area contributed by atoms with Gasteiger partial charge in [-0.3, -0.25) is 4.79 Å². The fourth-order valence-corrected chi connectivity index (χ4v) is 3.46. The smallest absolute Gasteiger partial charge is 0.243 e. The second kappa shape index (κ2) is 6.70. The van der Waals surface area contributed by atoms with Gasteiger partial charge in [0.15, 0.2) is 9.84 Å². The van der Waals surface area contributed by atoms with Crippen LogP contribution in [0.4, 0.5) is 0 Å². The highest BCUT2D eigenvalue weighted by molar-refractivity contribution is 7.91. The van der Waals surface area contributed by atoms with Crippen molar-refractivity contribution in [2.45, 2.75) is 38.1 Å². The topological polar surface area (TPSA) is 63.2 Å². The van der Waals surface area contributed by atoms with Gasteiger partial charge in [-0.05, 0) is 49.6 Å². The average molecular weight is 295 g/mol. The molecule has 0 radical (unpaired) electrons. The standard InChI is InChI=1S/C15H21NO3S/c1-5-13(16-15(17)6-2)10-20(18,19)14-8-7-11(3)12(4)9-14/h6-9,13H,2,5,10H2,1,3-4H3,(H,16,17). The van der Waals surface area contributed by atoms with Crippen molar-refractivity contribution in [2.24, 2.45) is 0 Å². The van der Waals surface area contributed by atoms with Gasteiger partial charge in [-0.2, -0.15) is 0 Å². The van der Waals surface area contributed by atoms with Gasteiger partial charge in [0, 0.05) is 6.04 Å². The number of carbonyl (C=O) groups excluding carboxylic acids is 1. The third-order valence-electron chi connectivity index (χ3n) is 3.28. The molecule has 4 nitrogen and oxygen atoms in total. The molecular weight excluding hydrogens is 274 g/mol. The molecule has 20 heavy (non-hydrogen) atoms. The Balaban J connectivity index is 2.95. The summed E-state index contributed by atoms with van der Waals surface area (Å²) in [7, 11) is -3.41. The fraction of sp³-hybridized carbons (Fsp3) is 0.400. The Kier molecular flexibility index (Phi) is 5.51. The number of sulfone groups is 1. The van der Waals surface area contributed by atoms with E-state index in [1.807, 2.05) is 20.8 Å². The first-order valence-corrected chi connectivity index (χ1v) is 8.18. The fourth-order valence-electron chi connectivity index (χ4n) is 1.79. The van der Waals surface area contributed by atoms with Crippen molar-refractivity contribution in [3.8, 4) is 0 Å². The number of amides is 1. The van der Waals surface area contributed by atoms with E-state index in [1.54, 1.807) is 18.2 Å². The van der Waals surface area contributed by atoms with Crippen LogP contribution in [0.3, 0.4) is 0 Å². The molecule has 0 aliphatic carbocycles. The van der Waals surface area contributed by atoms with Gasteiger partial charge >= 0.3 is 0 Å². The molecule has 0 bridgehead atoms. The van der Waals surface area contributed by atoms with Crippen LogP contribution in [0.25, 0.3) is 0 Å². The number of rotatable bonds is 6. The Morgan fingerprint density at radius 1 is 1.35 bits per heavy atom. The predicted octanol–water partition coefficient (Wildman–Crippen LogP) is 2.16. The molecule has 1 aromatic rings. The van der Waals surface area contributed by atoms with Crippen LogP contribution in [0.15, 0.2) is 35.7 Å². The Hall–Kier alpha value is -1.62. The Morgan fingerprint density at radius 3 is 2.50 bits per heavy atom. The van der Waals surface area contributed by atoms with Crippen LogP contribution >= 0.6 is 0 Å². The maximum Gasteiger partial charge on any atom is 0.243 e. The molecule has 1 atom stereocenters. The lowest BCUT2D eigenvalue weighted by Crippen LogP contribution is -2.38. The van der Waals surface area contributed by atoms with Gasteiger partial charge in [0.2, 0.25) is 5.91 Å². The lowest BCUT2D eigenvalue weighted by molar-refractivity contribution is -0.117. The highest BCUT2D eigenvalue weighted by Crippen LogP contribution is 2.17. The molecule has 0 aliphatic heterocycles. The number of carbonyl (C=O) groups is 1. The number of nitrogens with one attached hydrogen (secondary N) is 1. The second-order valence-corrected chi connectivity index (χ2v) is 6.88. The number of hydrogen-bond donors (Lipinski definition) is 1. The van der Waals surface area contributed by atoms with Crippen LogP contribution in [-0.4, -0.2) is 26.1 Å². The van der Waals surface area contributed by atoms with Gasteiger partial charge < -0.3 is 5.32 Å². The van der Waals surface area contributed by atoms with Crippen molar-refractivity contribution < 1.29 is 13.2 Å². The summed E-state index contributed by atoms with van der Waals surface area (Å²) in [5.74, 6) is -0.460. The normalized spacial score (nSPS) is 12.8. The third-order valence-corrected chi connectivity index (χ3v) is 5.10. The first kappa shape index (κ1) is 16.4. The highest BCUT2D eigenvalue weighted by atomic mass is 32.2. The lowest BCUT2D eigenvalue weighted by Gasteiger charge is -2.16. The first-order valence-electron chi connectivity index (χ1n) is 6.53. The maximum absolute atomic E-state index is 12.4. The van der Waals surface area contributed by atoms with E-state index in [4.69, 9.17) is 0 Å². The minimum atomic E-state index is -3.41. The van der Waals surface area contributed by atoms with Gasteiger partial charge in [-0.1, -0.05) is 19.6 Å². The molecule has 1 amide bonds. The quantitative estimate of drug-likeness (QED) is 0.818. The third kappa shape index (κ3) is 4.20. The van der Waals surface area contributed by atoms with Crippen LogP contribution < -0.4 is 5.32 Å². The van der Waals surface area contributed by atoms with Crippen molar-refractivity contribution in [1.82, 2.24) is 5.32 Å². The molecule has 0 saturated carbocycles. The van der Waals surface area contributed by atoms with E-state index in [0.717, 1.165) is 17.2 Å². The van der Waals surface area contributed by atoms with Crippen LogP contribution in [-0.2, 0) is 14.6 Å². The molecule has 0 heterocycles. The van der Waals surface area contributed by atoms with Crippen molar-refractivity contribution in [3.63, 3.8) is 0 Å². The molecule has 1 rings (SSSR count). The molecule has 110 valence electrons. The molecule has 0 spiro atoms. The van der Waals surface area contributed by atoms with Crippen LogP contribution in [0.5, 0.6) is 0 Å². The molecule has 1 unspecified atom stereocenters. The summed E-state index contributed by atoms with van der Waals surface area (Å²) in [6.45, 7) is 9.02. The summed E-state index contributed by atoms with van der Waals surface area (Å²) in [6.07, 6.45) is 1.69. The van der Waals surface area contributed by atoms with E-state index in [9.17, 15) is 13.2 Å². The number of benzene rings is 1. The van der Waals surface area contributed by atoms with Gasteiger partial charge in [-0.25, -0.2) is 8.42 Å². The van der Waals surface area contributed by atoms with E-state index in [2.05, 4.69) is 11.9 Å². The summed E-state index contributed by atoms with van der Waals surface area (Å²) >= 11 is 0. The zero-order valence-electron chi connectivity index (χ0n) is 12.1. The summed E-state index contributed by atoms with van der Waals surface area (Å²) in [4.78, 5) is 11.6. The van der Waals surface area contributed by atoms with E-state index in [1.165, 1.54) is 0 Å².